The van der Waals surface area contributed by atoms with Crippen LogP contribution in [0.15, 0.2) is 65.9 Å². The summed E-state index contributed by atoms with van der Waals surface area (Å²) in [5, 5.41) is 5.48. The molecule has 25 heavy (non-hydrogen) atoms. The first-order valence-electron chi connectivity index (χ1n) is 8.11. The van der Waals surface area contributed by atoms with Crippen molar-refractivity contribution in [1.82, 2.24) is 10.6 Å². The van der Waals surface area contributed by atoms with E-state index in [4.69, 9.17) is 4.74 Å². The third kappa shape index (κ3) is 3.71. The number of para-hydroxylation sites is 1. The fraction of sp³-hybridized carbons (Fsp3) is 0.200. The normalized spacial score (nSPS) is 16.9. The van der Waals surface area contributed by atoms with Crippen molar-refractivity contribution < 1.29 is 14.3 Å². The number of hydrogen-bond acceptors (Lipinski definition) is 3. The molecule has 0 aromatic heterocycles. The first-order valence-corrected chi connectivity index (χ1v) is 8.11. The van der Waals surface area contributed by atoms with Gasteiger partial charge in [0.25, 0.3) is 0 Å². The number of nitrogens with one attached hydrogen (secondary N) is 2. The average molecular weight is 336 g/mol. The summed E-state index contributed by atoms with van der Waals surface area (Å²) in [4.78, 5) is 24.0. The van der Waals surface area contributed by atoms with Crippen LogP contribution in [0.25, 0.3) is 0 Å². The second-order valence-electron chi connectivity index (χ2n) is 5.94. The fourth-order valence-electron chi connectivity index (χ4n) is 2.98. The number of benzene rings is 2. The van der Waals surface area contributed by atoms with Crippen LogP contribution in [-0.2, 0) is 11.4 Å². The molecule has 1 aliphatic heterocycles. The van der Waals surface area contributed by atoms with Crippen LogP contribution in [0.3, 0.4) is 0 Å². The van der Waals surface area contributed by atoms with Gasteiger partial charge in [0.1, 0.15) is 12.4 Å². The van der Waals surface area contributed by atoms with Crippen LogP contribution in [-0.4, -0.2) is 11.8 Å². The molecule has 1 atom stereocenters. The molecule has 0 fully saturated rings. The molecule has 128 valence electrons. The standard InChI is InChI=1S/C20H20N2O3/c1-13-18(14(2)23)19(22-20(24)21-13)16-10-6-7-11-17(16)25-12-15-8-4-3-5-9-15/h3-11,19H,12H2,1-2H3,(H2,21,22,24)/t19-/m0/s1. The average Bonchev–Trinajstić information content (AvgIpc) is 2.60. The number of ether oxygens (including phenoxy) is 1. The van der Waals surface area contributed by atoms with Crippen molar-refractivity contribution in [2.45, 2.75) is 26.5 Å². The number of carbonyl (C=O) groups excluding carboxylic acids is 2. The van der Waals surface area contributed by atoms with Crippen LogP contribution in [0.5, 0.6) is 5.75 Å². The second-order valence-corrected chi connectivity index (χ2v) is 5.94. The van der Waals surface area contributed by atoms with Crippen LogP contribution < -0.4 is 15.4 Å². The molecule has 0 radical (unpaired) electrons. The van der Waals surface area contributed by atoms with Gasteiger partial charge in [0.05, 0.1) is 6.04 Å². The third-order valence-electron chi connectivity index (χ3n) is 4.12. The minimum absolute atomic E-state index is 0.0899. The Balaban J connectivity index is 1.93. The van der Waals surface area contributed by atoms with Crippen molar-refractivity contribution in [2.24, 2.45) is 0 Å². The third-order valence-corrected chi connectivity index (χ3v) is 4.12. The van der Waals surface area contributed by atoms with E-state index >= 15 is 0 Å². The Morgan fingerprint density at radius 1 is 1.08 bits per heavy atom. The summed E-state index contributed by atoms with van der Waals surface area (Å²) in [5.74, 6) is 0.554. The van der Waals surface area contributed by atoms with Crippen LogP contribution in [0.1, 0.15) is 31.0 Å². The summed E-state index contributed by atoms with van der Waals surface area (Å²) in [6.45, 7) is 3.64. The highest BCUT2D eigenvalue weighted by Gasteiger charge is 2.30. The van der Waals surface area contributed by atoms with E-state index in [0.717, 1.165) is 11.1 Å². The molecule has 0 spiro atoms. The number of urea groups is 1. The number of allylic oxidation sites excluding steroid dienone is 1. The Kier molecular flexibility index (Phi) is 4.84. The lowest BCUT2D eigenvalue weighted by Crippen LogP contribution is -2.44. The van der Waals surface area contributed by atoms with Crippen molar-refractivity contribution in [3.05, 3.63) is 77.0 Å². The highest BCUT2D eigenvalue weighted by Crippen LogP contribution is 2.33. The number of carbonyl (C=O) groups is 2. The molecule has 5 heteroatoms. The Hall–Kier alpha value is -3.08. The molecule has 5 nitrogen and oxygen atoms in total. The van der Waals surface area contributed by atoms with Crippen LogP contribution in [0.4, 0.5) is 4.79 Å². The van der Waals surface area contributed by atoms with Gasteiger partial charge in [-0.15, -0.1) is 0 Å². The first kappa shape index (κ1) is 16.8. The number of hydrogen-bond donors (Lipinski definition) is 2. The molecule has 2 amide bonds. The summed E-state index contributed by atoms with van der Waals surface area (Å²) >= 11 is 0. The molecule has 0 saturated heterocycles. The molecular formula is C20H20N2O3. The van der Waals surface area contributed by atoms with E-state index in [9.17, 15) is 9.59 Å². The van der Waals surface area contributed by atoms with Gasteiger partial charge in [-0.2, -0.15) is 0 Å². The number of amides is 2. The maximum atomic E-state index is 12.1. The van der Waals surface area contributed by atoms with Crippen molar-refractivity contribution in [2.75, 3.05) is 0 Å². The van der Waals surface area contributed by atoms with E-state index in [2.05, 4.69) is 10.6 Å². The van der Waals surface area contributed by atoms with Gasteiger partial charge in [0.2, 0.25) is 0 Å². The monoisotopic (exact) mass is 336 g/mol. The minimum atomic E-state index is -0.529. The Labute approximate surface area is 146 Å². The molecular weight excluding hydrogens is 316 g/mol. The van der Waals surface area contributed by atoms with Gasteiger partial charge in [-0.3, -0.25) is 4.79 Å². The molecule has 0 saturated carbocycles. The van der Waals surface area contributed by atoms with E-state index in [1.54, 1.807) is 6.92 Å². The summed E-state index contributed by atoms with van der Waals surface area (Å²) in [6, 6.07) is 16.4. The lowest BCUT2D eigenvalue weighted by Gasteiger charge is -2.29. The maximum Gasteiger partial charge on any atom is 0.319 e. The number of Topliss-reactive ketones (excluding diaryl/α,β-unsaturated/α-hetero) is 1. The molecule has 3 rings (SSSR count). The SMILES string of the molecule is CC(=O)C1=C(C)NC(=O)N[C@H]1c1ccccc1OCc1ccccc1. The quantitative estimate of drug-likeness (QED) is 0.878. The summed E-state index contributed by atoms with van der Waals surface area (Å²) in [7, 11) is 0. The van der Waals surface area contributed by atoms with E-state index in [1.165, 1.54) is 6.92 Å². The zero-order chi connectivity index (χ0) is 17.8. The molecule has 2 aromatic carbocycles. The van der Waals surface area contributed by atoms with Gasteiger partial charge in [0.15, 0.2) is 5.78 Å². The highest BCUT2D eigenvalue weighted by molar-refractivity contribution is 5.98. The van der Waals surface area contributed by atoms with Gasteiger partial charge in [0, 0.05) is 16.8 Å². The van der Waals surface area contributed by atoms with E-state index < -0.39 is 6.04 Å². The summed E-state index contributed by atoms with van der Waals surface area (Å²) < 4.78 is 5.97. The van der Waals surface area contributed by atoms with Gasteiger partial charge in [-0.1, -0.05) is 48.5 Å². The molecule has 1 aliphatic rings. The Bertz CT molecular complexity index is 828. The van der Waals surface area contributed by atoms with Crippen molar-refractivity contribution in [1.29, 1.82) is 0 Å². The molecule has 2 N–H and O–H groups in total. The summed E-state index contributed by atoms with van der Waals surface area (Å²) in [6.07, 6.45) is 0. The smallest absolute Gasteiger partial charge is 0.319 e. The number of rotatable bonds is 5. The predicted octanol–water partition coefficient (Wildman–Crippen LogP) is 3.48. The first-order chi connectivity index (χ1) is 12.1. The van der Waals surface area contributed by atoms with E-state index in [-0.39, 0.29) is 11.8 Å². The zero-order valence-electron chi connectivity index (χ0n) is 14.2. The largest absolute Gasteiger partial charge is 0.489 e. The maximum absolute atomic E-state index is 12.1. The molecule has 0 unspecified atom stereocenters. The molecule has 0 aliphatic carbocycles. The Morgan fingerprint density at radius 3 is 2.48 bits per heavy atom. The second kappa shape index (κ2) is 7.21. The van der Waals surface area contributed by atoms with Crippen LogP contribution in [0, 0.1) is 0 Å². The highest BCUT2D eigenvalue weighted by atomic mass is 16.5. The van der Waals surface area contributed by atoms with Gasteiger partial charge in [-0.25, -0.2) is 4.79 Å². The lowest BCUT2D eigenvalue weighted by molar-refractivity contribution is -0.114. The van der Waals surface area contributed by atoms with Crippen LogP contribution in [0.2, 0.25) is 0 Å². The minimum Gasteiger partial charge on any atom is -0.489 e. The lowest BCUT2D eigenvalue weighted by atomic mass is 9.92. The molecule has 2 aromatic rings. The van der Waals surface area contributed by atoms with E-state index in [1.807, 2.05) is 54.6 Å². The fourth-order valence-corrected chi connectivity index (χ4v) is 2.98. The van der Waals surface area contributed by atoms with E-state index in [0.29, 0.717) is 23.6 Å². The zero-order valence-corrected chi connectivity index (χ0v) is 14.2. The van der Waals surface area contributed by atoms with Crippen molar-refractivity contribution in [3.8, 4) is 5.75 Å². The van der Waals surface area contributed by atoms with Gasteiger partial charge >= 0.3 is 6.03 Å². The van der Waals surface area contributed by atoms with Crippen molar-refractivity contribution >= 4 is 11.8 Å². The van der Waals surface area contributed by atoms with Gasteiger partial charge < -0.3 is 15.4 Å². The molecule has 1 heterocycles. The Morgan fingerprint density at radius 2 is 1.76 bits per heavy atom. The van der Waals surface area contributed by atoms with Gasteiger partial charge in [-0.05, 0) is 25.5 Å². The topological polar surface area (TPSA) is 67.4 Å². The van der Waals surface area contributed by atoms with Crippen molar-refractivity contribution in [3.63, 3.8) is 0 Å². The predicted molar refractivity (Wildman–Crippen MR) is 95.0 cm³/mol. The summed E-state index contributed by atoms with van der Waals surface area (Å²) in [5.41, 5.74) is 2.91. The van der Waals surface area contributed by atoms with Crippen LogP contribution >= 0.6 is 0 Å². The number of ketones is 1. The molecule has 0 bridgehead atoms.